The lowest BCUT2D eigenvalue weighted by Gasteiger charge is -2.38. The van der Waals surface area contributed by atoms with Crippen molar-refractivity contribution in [3.8, 4) is 11.3 Å². The number of benzene rings is 1. The molecule has 1 aromatic carbocycles. The van der Waals surface area contributed by atoms with Crippen LogP contribution in [0.5, 0.6) is 0 Å². The lowest BCUT2D eigenvalue weighted by Crippen LogP contribution is -2.45. The summed E-state index contributed by atoms with van der Waals surface area (Å²) in [6.45, 7) is 3.40. The number of carbonyl (C=O) groups excluding carboxylic acids is 1. The first-order valence-electron chi connectivity index (χ1n) is 15.3. The topological polar surface area (TPSA) is 112 Å². The van der Waals surface area contributed by atoms with Crippen LogP contribution in [0.2, 0.25) is 10.0 Å². The molecule has 9 nitrogen and oxygen atoms in total. The average molecular weight is 661 g/mol. The van der Waals surface area contributed by atoms with Gasteiger partial charge in [0.05, 0.1) is 39.9 Å². The Balaban J connectivity index is 1.01. The predicted molar refractivity (Wildman–Crippen MR) is 167 cm³/mol. The van der Waals surface area contributed by atoms with Gasteiger partial charge in [-0.25, -0.2) is 8.42 Å². The average Bonchev–Trinajstić information content (AvgIpc) is 3.52. The zero-order valence-corrected chi connectivity index (χ0v) is 26.8. The van der Waals surface area contributed by atoms with Gasteiger partial charge in [0.25, 0.3) is 0 Å². The van der Waals surface area contributed by atoms with Crippen molar-refractivity contribution in [3.63, 3.8) is 0 Å². The SMILES string of the molecule is CC1C2CC(CC2OCc2c(-c3c(Cl)cccc3Cl)noc2C2CC2)N1c1ccc(C(=O)CS(=O)(=O)C2CCOCC2)nc1. The number of hydrogen-bond acceptors (Lipinski definition) is 9. The highest BCUT2D eigenvalue weighted by Gasteiger charge is 2.50. The van der Waals surface area contributed by atoms with Gasteiger partial charge >= 0.3 is 0 Å². The second-order valence-electron chi connectivity index (χ2n) is 12.5. The number of Topliss-reactive ketones (excluding diaryl/α,β-unsaturated/α-hetero) is 1. The van der Waals surface area contributed by atoms with Gasteiger partial charge in [-0.15, -0.1) is 0 Å². The molecular weight excluding hydrogens is 625 g/mol. The van der Waals surface area contributed by atoms with Crippen molar-refractivity contribution in [1.29, 1.82) is 0 Å². The molecule has 4 fully saturated rings. The second-order valence-corrected chi connectivity index (χ2v) is 15.6. The summed E-state index contributed by atoms with van der Waals surface area (Å²) in [6.07, 6.45) is 6.64. The number of halogens is 2. The van der Waals surface area contributed by atoms with Crippen molar-refractivity contribution in [3.05, 3.63) is 63.6 Å². The molecule has 2 aliphatic heterocycles. The van der Waals surface area contributed by atoms with Crippen molar-refractivity contribution in [2.45, 2.75) is 81.4 Å². The standard InChI is InChI=1S/C32H35Cl2N3O6S/c1-18-23-13-21(37(18)20-7-8-27(35-15-20)28(38)17-44(39,40)22-9-11-41-12-10-22)14-29(23)42-16-24-31(36-43-32(24)19-5-6-19)30-25(33)3-2-4-26(30)34/h2-4,7-8,15,18-19,21-23,29H,5-6,9-14,16-17H2,1H3. The van der Waals surface area contributed by atoms with E-state index in [2.05, 4.69) is 22.0 Å². The molecule has 4 heterocycles. The minimum Gasteiger partial charge on any atom is -0.381 e. The number of sulfone groups is 1. The summed E-state index contributed by atoms with van der Waals surface area (Å²) in [6, 6.07) is 9.44. The fraction of sp³-hybridized carbons (Fsp3) is 0.531. The first-order chi connectivity index (χ1) is 21.2. The fourth-order valence-electron chi connectivity index (χ4n) is 7.27. The molecule has 0 amide bonds. The van der Waals surface area contributed by atoms with E-state index in [1.165, 1.54) is 0 Å². The smallest absolute Gasteiger partial charge is 0.196 e. The summed E-state index contributed by atoms with van der Waals surface area (Å²) >= 11 is 13.1. The van der Waals surface area contributed by atoms with Gasteiger partial charge in [0.1, 0.15) is 22.9 Å². The summed E-state index contributed by atoms with van der Waals surface area (Å²) < 4.78 is 43.2. The van der Waals surface area contributed by atoms with Crippen LogP contribution in [0.25, 0.3) is 11.3 Å². The van der Waals surface area contributed by atoms with Crippen molar-refractivity contribution in [2.24, 2.45) is 5.92 Å². The number of rotatable bonds is 10. The Morgan fingerprint density at radius 2 is 1.82 bits per heavy atom. The molecule has 234 valence electrons. The summed E-state index contributed by atoms with van der Waals surface area (Å²) in [5.41, 5.74) is 3.36. The Morgan fingerprint density at radius 1 is 1.07 bits per heavy atom. The van der Waals surface area contributed by atoms with Crippen molar-refractivity contribution in [1.82, 2.24) is 10.1 Å². The van der Waals surface area contributed by atoms with Gasteiger partial charge in [0, 0.05) is 48.3 Å². The largest absolute Gasteiger partial charge is 0.381 e. The van der Waals surface area contributed by atoms with Crippen LogP contribution in [-0.2, 0) is 25.9 Å². The van der Waals surface area contributed by atoms with Crippen molar-refractivity contribution < 1.29 is 27.2 Å². The number of hydrogen-bond donors (Lipinski definition) is 0. The molecule has 12 heteroatoms. The van der Waals surface area contributed by atoms with Gasteiger partial charge in [-0.05, 0) is 69.7 Å². The molecule has 2 saturated heterocycles. The van der Waals surface area contributed by atoms with E-state index in [1.54, 1.807) is 24.4 Å². The van der Waals surface area contributed by atoms with E-state index in [9.17, 15) is 13.2 Å². The molecule has 2 aliphatic carbocycles. The van der Waals surface area contributed by atoms with E-state index >= 15 is 0 Å². The predicted octanol–water partition coefficient (Wildman–Crippen LogP) is 6.27. The third-order valence-corrected chi connectivity index (χ3v) is 12.5. The lowest BCUT2D eigenvalue weighted by atomic mass is 9.96. The normalized spacial score (nSPS) is 25.6. The first-order valence-corrected chi connectivity index (χ1v) is 17.8. The maximum atomic E-state index is 12.8. The van der Waals surface area contributed by atoms with Crippen molar-refractivity contribution >= 4 is 44.5 Å². The quantitative estimate of drug-likeness (QED) is 0.232. The van der Waals surface area contributed by atoms with Crippen LogP contribution < -0.4 is 4.90 Å². The van der Waals surface area contributed by atoms with Gasteiger partial charge in [-0.3, -0.25) is 9.78 Å². The van der Waals surface area contributed by atoms with Gasteiger partial charge in [-0.2, -0.15) is 0 Å². The summed E-state index contributed by atoms with van der Waals surface area (Å²) in [5, 5.41) is 4.92. The molecule has 4 aliphatic rings. The Morgan fingerprint density at radius 3 is 2.48 bits per heavy atom. The van der Waals surface area contributed by atoms with E-state index in [0.717, 1.165) is 42.7 Å². The number of aromatic nitrogens is 2. The number of fused-ring (bicyclic) bond motifs is 2. The molecule has 4 unspecified atom stereocenters. The van der Waals surface area contributed by atoms with E-state index in [-0.39, 0.29) is 23.9 Å². The van der Waals surface area contributed by atoms with E-state index < -0.39 is 26.6 Å². The molecule has 0 N–H and O–H groups in total. The van der Waals surface area contributed by atoms with Crippen LogP contribution in [0.1, 0.15) is 73.2 Å². The number of anilines is 1. The summed E-state index contributed by atoms with van der Waals surface area (Å²) in [4.78, 5) is 19.6. The molecule has 4 atom stereocenters. The minimum absolute atomic E-state index is 0.0759. The van der Waals surface area contributed by atoms with E-state index in [1.807, 2.05) is 12.1 Å². The molecular formula is C32H35Cl2N3O6S. The molecule has 2 bridgehead atoms. The lowest BCUT2D eigenvalue weighted by molar-refractivity contribution is 0.00367. The number of piperidine rings is 1. The summed E-state index contributed by atoms with van der Waals surface area (Å²) in [5.74, 6) is 0.559. The molecule has 0 spiro atoms. The van der Waals surface area contributed by atoms with Gasteiger partial charge < -0.3 is 18.9 Å². The van der Waals surface area contributed by atoms with Crippen molar-refractivity contribution in [2.75, 3.05) is 23.9 Å². The monoisotopic (exact) mass is 659 g/mol. The minimum atomic E-state index is -3.54. The fourth-order valence-corrected chi connectivity index (χ4v) is 9.50. The van der Waals surface area contributed by atoms with Gasteiger partial charge in [0.15, 0.2) is 15.6 Å². The third kappa shape index (κ3) is 5.68. The Labute approximate surface area is 267 Å². The summed E-state index contributed by atoms with van der Waals surface area (Å²) in [7, 11) is -3.54. The molecule has 2 saturated carbocycles. The second kappa shape index (κ2) is 12.0. The highest BCUT2D eigenvalue weighted by Crippen LogP contribution is 2.49. The zero-order valence-electron chi connectivity index (χ0n) is 24.5. The molecule has 3 aromatic rings. The molecule has 2 aromatic heterocycles. The van der Waals surface area contributed by atoms with E-state index in [4.69, 9.17) is 37.2 Å². The number of ether oxygens (including phenoxy) is 2. The number of ketones is 1. The maximum absolute atomic E-state index is 12.8. The maximum Gasteiger partial charge on any atom is 0.196 e. The highest BCUT2D eigenvalue weighted by atomic mass is 35.5. The zero-order chi connectivity index (χ0) is 30.6. The Bertz CT molecular complexity index is 1630. The number of carbonyl (C=O) groups is 1. The molecule has 44 heavy (non-hydrogen) atoms. The Kier molecular flexibility index (Phi) is 8.24. The first kappa shape index (κ1) is 30.2. The van der Waals surface area contributed by atoms with Crippen LogP contribution >= 0.6 is 23.2 Å². The van der Waals surface area contributed by atoms with Crippen LogP contribution in [-0.4, -0.2) is 66.7 Å². The number of nitrogens with zero attached hydrogens (tertiary/aromatic N) is 3. The van der Waals surface area contributed by atoms with Crippen LogP contribution in [0.15, 0.2) is 41.1 Å². The molecule has 7 rings (SSSR count). The van der Waals surface area contributed by atoms with Gasteiger partial charge in [-0.1, -0.05) is 34.4 Å². The molecule has 0 radical (unpaired) electrons. The van der Waals surface area contributed by atoms with Crippen LogP contribution in [0.3, 0.4) is 0 Å². The van der Waals surface area contributed by atoms with Crippen LogP contribution in [0, 0.1) is 5.92 Å². The third-order valence-electron chi connectivity index (χ3n) is 9.73. The Hall–Kier alpha value is -2.50. The van der Waals surface area contributed by atoms with Crippen LogP contribution in [0.4, 0.5) is 5.69 Å². The number of pyridine rings is 1. The van der Waals surface area contributed by atoms with Gasteiger partial charge in [0.2, 0.25) is 0 Å². The highest BCUT2D eigenvalue weighted by molar-refractivity contribution is 7.92. The van der Waals surface area contributed by atoms with E-state index in [0.29, 0.717) is 65.8 Å².